The van der Waals surface area contributed by atoms with Gasteiger partial charge < -0.3 is 14.9 Å². The van der Waals surface area contributed by atoms with E-state index >= 15 is 0 Å². The largest absolute Gasteiger partial charge is 0.393 e. The number of aliphatic hydroxyl groups excluding tert-OH is 1. The Labute approximate surface area is 134 Å². The average molecular weight is 315 g/mol. The van der Waals surface area contributed by atoms with Crippen molar-refractivity contribution in [2.75, 3.05) is 0 Å². The fourth-order valence-electron chi connectivity index (χ4n) is 2.95. The molecule has 1 amide bonds. The van der Waals surface area contributed by atoms with Gasteiger partial charge in [0.15, 0.2) is 0 Å². The van der Waals surface area contributed by atoms with Crippen LogP contribution in [-0.2, 0) is 17.6 Å². The number of amides is 1. The average Bonchev–Trinajstić information content (AvgIpc) is 2.89. The van der Waals surface area contributed by atoms with E-state index in [9.17, 15) is 9.90 Å². The van der Waals surface area contributed by atoms with E-state index in [1.54, 1.807) is 12.3 Å². The molecular formula is C17H21N3O3. The molecule has 23 heavy (non-hydrogen) atoms. The highest BCUT2D eigenvalue weighted by Crippen LogP contribution is 2.31. The second-order valence-electron chi connectivity index (χ2n) is 6.20. The van der Waals surface area contributed by atoms with Gasteiger partial charge in [-0.3, -0.25) is 9.78 Å². The molecule has 0 saturated heterocycles. The number of rotatable bonds is 6. The summed E-state index contributed by atoms with van der Waals surface area (Å²) in [6.45, 7) is 1.82. The van der Waals surface area contributed by atoms with Crippen molar-refractivity contribution in [3.8, 4) is 0 Å². The van der Waals surface area contributed by atoms with Gasteiger partial charge in [-0.05, 0) is 37.8 Å². The predicted molar refractivity (Wildman–Crippen MR) is 83.5 cm³/mol. The fourth-order valence-corrected chi connectivity index (χ4v) is 2.95. The molecule has 2 aromatic rings. The lowest BCUT2D eigenvalue weighted by Crippen LogP contribution is -2.48. The zero-order valence-electron chi connectivity index (χ0n) is 13.1. The molecule has 0 aromatic carbocycles. The van der Waals surface area contributed by atoms with E-state index in [0.717, 1.165) is 24.2 Å². The summed E-state index contributed by atoms with van der Waals surface area (Å²) in [7, 11) is 0. The summed E-state index contributed by atoms with van der Waals surface area (Å²) in [5.41, 5.74) is 1.70. The van der Waals surface area contributed by atoms with Crippen LogP contribution in [0.2, 0.25) is 0 Å². The third-order valence-electron chi connectivity index (χ3n) is 4.23. The van der Waals surface area contributed by atoms with E-state index in [1.165, 1.54) is 0 Å². The molecule has 2 aromatic heterocycles. The van der Waals surface area contributed by atoms with E-state index in [4.69, 9.17) is 4.52 Å². The summed E-state index contributed by atoms with van der Waals surface area (Å²) in [5.74, 6) is 0.751. The molecule has 1 aliphatic rings. The van der Waals surface area contributed by atoms with E-state index in [0.29, 0.717) is 12.2 Å². The van der Waals surface area contributed by atoms with Crippen molar-refractivity contribution in [3.05, 3.63) is 47.6 Å². The van der Waals surface area contributed by atoms with Crippen LogP contribution in [0.3, 0.4) is 0 Å². The zero-order chi connectivity index (χ0) is 16.2. The first-order valence-electron chi connectivity index (χ1n) is 7.89. The minimum atomic E-state index is -0.250. The van der Waals surface area contributed by atoms with Gasteiger partial charge in [-0.1, -0.05) is 11.2 Å². The van der Waals surface area contributed by atoms with Crippen LogP contribution < -0.4 is 5.32 Å². The van der Waals surface area contributed by atoms with Crippen LogP contribution in [0.25, 0.3) is 0 Å². The smallest absolute Gasteiger partial charge is 0.227 e. The maximum atomic E-state index is 12.3. The number of aryl methyl sites for hydroxylation is 1. The minimum Gasteiger partial charge on any atom is -0.393 e. The Bertz CT molecular complexity index is 650. The third-order valence-corrected chi connectivity index (χ3v) is 4.23. The lowest BCUT2D eigenvalue weighted by atomic mass is 9.76. The normalized spacial score (nSPS) is 21.5. The van der Waals surface area contributed by atoms with Crippen LogP contribution in [-0.4, -0.2) is 33.3 Å². The number of nitrogens with zero attached hydrogens (tertiary/aromatic N) is 2. The number of pyridine rings is 1. The van der Waals surface area contributed by atoms with Gasteiger partial charge in [-0.2, -0.15) is 0 Å². The summed E-state index contributed by atoms with van der Waals surface area (Å²) in [4.78, 5) is 16.6. The van der Waals surface area contributed by atoms with Crippen molar-refractivity contribution >= 4 is 5.91 Å². The first-order chi connectivity index (χ1) is 11.1. The summed E-state index contributed by atoms with van der Waals surface area (Å²) >= 11 is 0. The van der Waals surface area contributed by atoms with Gasteiger partial charge in [0.1, 0.15) is 5.76 Å². The number of carbonyl (C=O) groups is 1. The van der Waals surface area contributed by atoms with Crippen molar-refractivity contribution in [2.45, 2.75) is 44.8 Å². The number of carbonyl (C=O) groups excluding carboxylic acids is 1. The van der Waals surface area contributed by atoms with Gasteiger partial charge in [0.05, 0.1) is 18.2 Å². The van der Waals surface area contributed by atoms with Gasteiger partial charge in [-0.15, -0.1) is 0 Å². The SMILES string of the molecule is Cc1cc(CC(=O)N[C@@H](Cc2ccccn2)C2CC(O)C2)on1. The maximum Gasteiger partial charge on any atom is 0.227 e. The quantitative estimate of drug-likeness (QED) is 0.841. The van der Waals surface area contributed by atoms with Gasteiger partial charge in [-0.25, -0.2) is 0 Å². The summed E-state index contributed by atoms with van der Waals surface area (Å²) in [6.07, 6.45) is 3.79. The summed E-state index contributed by atoms with van der Waals surface area (Å²) < 4.78 is 5.09. The molecule has 2 heterocycles. The molecule has 122 valence electrons. The highest BCUT2D eigenvalue weighted by atomic mass is 16.5. The minimum absolute atomic E-state index is 0.0233. The van der Waals surface area contributed by atoms with Crippen molar-refractivity contribution in [3.63, 3.8) is 0 Å². The predicted octanol–water partition coefficient (Wildman–Crippen LogP) is 1.42. The lowest BCUT2D eigenvalue weighted by Gasteiger charge is -2.38. The summed E-state index contributed by atoms with van der Waals surface area (Å²) in [5, 5.41) is 16.4. The van der Waals surface area contributed by atoms with Gasteiger partial charge in [0.2, 0.25) is 5.91 Å². The van der Waals surface area contributed by atoms with Crippen LogP contribution in [0.1, 0.15) is 30.0 Å². The molecular weight excluding hydrogens is 294 g/mol. The highest BCUT2D eigenvalue weighted by molar-refractivity contribution is 5.78. The molecule has 1 aliphatic carbocycles. The molecule has 0 unspecified atom stereocenters. The van der Waals surface area contributed by atoms with Crippen molar-refractivity contribution in [1.82, 2.24) is 15.5 Å². The molecule has 3 rings (SSSR count). The van der Waals surface area contributed by atoms with Gasteiger partial charge in [0, 0.05) is 30.4 Å². The Balaban J connectivity index is 1.62. The summed E-state index contributed by atoms with van der Waals surface area (Å²) in [6, 6.07) is 7.50. The van der Waals surface area contributed by atoms with Gasteiger partial charge in [0.25, 0.3) is 0 Å². The zero-order valence-corrected chi connectivity index (χ0v) is 13.1. The molecule has 1 atom stereocenters. The fraction of sp³-hybridized carbons (Fsp3) is 0.471. The number of nitrogens with one attached hydrogen (secondary N) is 1. The Morgan fingerprint density at radius 3 is 2.91 bits per heavy atom. The second kappa shape index (κ2) is 6.91. The van der Waals surface area contributed by atoms with E-state index < -0.39 is 0 Å². The van der Waals surface area contributed by atoms with E-state index in [2.05, 4.69) is 15.5 Å². The first kappa shape index (κ1) is 15.7. The maximum absolute atomic E-state index is 12.3. The highest BCUT2D eigenvalue weighted by Gasteiger charge is 2.35. The van der Waals surface area contributed by atoms with Crippen LogP contribution in [0, 0.1) is 12.8 Å². The molecule has 6 nitrogen and oxygen atoms in total. The molecule has 0 spiro atoms. The topological polar surface area (TPSA) is 88.2 Å². The van der Waals surface area contributed by atoms with Crippen LogP contribution in [0.5, 0.6) is 0 Å². The van der Waals surface area contributed by atoms with Gasteiger partial charge >= 0.3 is 0 Å². The van der Waals surface area contributed by atoms with Crippen molar-refractivity contribution < 1.29 is 14.4 Å². The number of aliphatic hydroxyl groups is 1. The molecule has 0 aliphatic heterocycles. The Morgan fingerprint density at radius 1 is 1.48 bits per heavy atom. The molecule has 0 radical (unpaired) electrons. The molecule has 2 N–H and O–H groups in total. The molecule has 1 saturated carbocycles. The Hall–Kier alpha value is -2.21. The monoisotopic (exact) mass is 315 g/mol. The van der Waals surface area contributed by atoms with Crippen molar-refractivity contribution in [1.29, 1.82) is 0 Å². The van der Waals surface area contributed by atoms with E-state index in [1.807, 2.05) is 25.1 Å². The first-order valence-corrected chi connectivity index (χ1v) is 7.89. The third kappa shape index (κ3) is 4.16. The Morgan fingerprint density at radius 2 is 2.30 bits per heavy atom. The molecule has 1 fully saturated rings. The number of aromatic nitrogens is 2. The lowest BCUT2D eigenvalue weighted by molar-refractivity contribution is -0.122. The second-order valence-corrected chi connectivity index (χ2v) is 6.20. The van der Waals surface area contributed by atoms with Crippen LogP contribution in [0.4, 0.5) is 0 Å². The van der Waals surface area contributed by atoms with Crippen LogP contribution in [0.15, 0.2) is 35.0 Å². The molecule has 6 heteroatoms. The Kier molecular flexibility index (Phi) is 4.71. The number of hydrogen-bond donors (Lipinski definition) is 2. The van der Waals surface area contributed by atoms with Crippen molar-refractivity contribution in [2.24, 2.45) is 5.92 Å². The number of hydrogen-bond acceptors (Lipinski definition) is 5. The van der Waals surface area contributed by atoms with Crippen LogP contribution >= 0.6 is 0 Å². The standard InChI is InChI=1S/C17H21N3O3/c1-11-6-15(23-20-11)10-17(22)19-16(12-7-14(21)8-12)9-13-4-2-3-5-18-13/h2-6,12,14,16,21H,7-10H2,1H3,(H,19,22)/t12?,14?,16-/m0/s1. The van der Waals surface area contributed by atoms with E-state index in [-0.39, 0.29) is 30.4 Å². The molecule has 0 bridgehead atoms.